The molecule has 61 heavy (non-hydrogen) atoms. The molecule has 0 saturated carbocycles. The molecule has 6 atom stereocenters. The fraction of sp³-hybridized carbons (Fsp3) is 0.667. The third kappa shape index (κ3) is 15.7. The van der Waals surface area contributed by atoms with Gasteiger partial charge in [0.05, 0.1) is 18.0 Å². The van der Waals surface area contributed by atoms with Crippen molar-refractivity contribution < 1.29 is 43.7 Å². The first-order chi connectivity index (χ1) is 28.8. The van der Waals surface area contributed by atoms with E-state index in [-0.39, 0.29) is 48.7 Å². The minimum absolute atomic E-state index is 0.0837. The number of rotatable bonds is 25. The van der Waals surface area contributed by atoms with Crippen LogP contribution in [-0.4, -0.2) is 104 Å². The Morgan fingerprint density at radius 3 is 2.30 bits per heavy atom. The van der Waals surface area contributed by atoms with E-state index in [9.17, 15) is 39.0 Å². The number of nitrogen functional groups attached to an aromatic ring is 1. The molecule has 2 heterocycles. The van der Waals surface area contributed by atoms with E-state index in [1.54, 1.807) is 36.3 Å². The summed E-state index contributed by atoms with van der Waals surface area (Å²) in [6.07, 6.45) is 6.00. The number of hydrogen-bond donors (Lipinski definition) is 5. The second-order valence-electron chi connectivity index (χ2n) is 17.6. The highest BCUT2D eigenvalue weighted by Crippen LogP contribution is 2.32. The van der Waals surface area contributed by atoms with Crippen molar-refractivity contribution in [2.24, 2.45) is 17.3 Å². The first-order valence-electron chi connectivity index (χ1n) is 21.9. The van der Waals surface area contributed by atoms with Gasteiger partial charge in [-0.3, -0.25) is 33.7 Å². The number of aliphatic carboxylic acids is 2. The molecular weight excluding hydrogens is 801 g/mol. The van der Waals surface area contributed by atoms with Crippen LogP contribution in [0.3, 0.4) is 0 Å². The number of aromatic nitrogens is 1. The lowest BCUT2D eigenvalue weighted by atomic mass is 9.84. The topological polar surface area (TPSA) is 222 Å². The van der Waals surface area contributed by atoms with E-state index in [1.165, 1.54) is 6.92 Å². The maximum absolute atomic E-state index is 14.9. The van der Waals surface area contributed by atoms with Crippen molar-refractivity contribution in [3.63, 3.8) is 0 Å². The average Bonchev–Trinajstić information content (AvgIpc) is 3.69. The van der Waals surface area contributed by atoms with Gasteiger partial charge in [-0.25, -0.2) is 4.98 Å². The number of unbranched alkanes of at least 4 members (excludes halogenated alkanes) is 3. The van der Waals surface area contributed by atoms with Gasteiger partial charge in [-0.1, -0.05) is 78.9 Å². The zero-order valence-corrected chi connectivity index (χ0v) is 38.2. The summed E-state index contributed by atoms with van der Waals surface area (Å²) in [4.78, 5) is 87.2. The number of anilines is 1. The van der Waals surface area contributed by atoms with Gasteiger partial charge in [0, 0.05) is 43.0 Å². The van der Waals surface area contributed by atoms with Crippen molar-refractivity contribution in [2.45, 2.75) is 156 Å². The number of carboxylic acids is 2. The highest BCUT2D eigenvalue weighted by Gasteiger charge is 2.39. The number of piperidine rings is 1. The smallest absolute Gasteiger partial charge is 0.317 e. The molecule has 1 aromatic carbocycles. The number of likely N-dealkylation sites (tertiary alicyclic amines) is 1. The third-order valence-electron chi connectivity index (χ3n) is 11.7. The Labute approximate surface area is 365 Å². The summed E-state index contributed by atoms with van der Waals surface area (Å²) < 4.78 is 5.90. The molecule has 340 valence electrons. The minimum Gasteiger partial charge on any atom is -0.481 e. The van der Waals surface area contributed by atoms with Crippen LogP contribution in [0.5, 0.6) is 0 Å². The summed E-state index contributed by atoms with van der Waals surface area (Å²) in [6.45, 7) is 15.1. The summed E-state index contributed by atoms with van der Waals surface area (Å²) in [5.41, 5.74) is 6.27. The molecule has 0 aliphatic carbocycles. The van der Waals surface area contributed by atoms with E-state index < -0.39 is 59.5 Å². The Hall–Kier alpha value is -4.57. The second-order valence-corrected chi connectivity index (χ2v) is 18.5. The molecule has 5 unspecified atom stereocenters. The van der Waals surface area contributed by atoms with Gasteiger partial charge in [0.25, 0.3) is 5.91 Å². The normalized spacial score (nSPS) is 17.1. The number of nitrogens with two attached hydrogens (primary N) is 1. The molecular formula is C45H70N6O9S. The highest BCUT2D eigenvalue weighted by atomic mass is 32.1. The van der Waals surface area contributed by atoms with Crippen molar-refractivity contribution >= 4 is 52.7 Å². The monoisotopic (exact) mass is 870 g/mol. The number of thiazole rings is 1. The molecule has 1 aliphatic rings. The number of hydrogen-bond acceptors (Lipinski definition) is 11. The van der Waals surface area contributed by atoms with Gasteiger partial charge in [-0.2, -0.15) is 0 Å². The molecule has 2 aromatic rings. The van der Waals surface area contributed by atoms with E-state index in [2.05, 4.69) is 22.5 Å². The summed E-state index contributed by atoms with van der Waals surface area (Å²) in [5, 5.41) is 27.4. The van der Waals surface area contributed by atoms with Crippen LogP contribution < -0.4 is 16.4 Å². The Balaban J connectivity index is 1.95. The van der Waals surface area contributed by atoms with Crippen LogP contribution in [0, 0.1) is 17.3 Å². The molecule has 1 saturated heterocycles. The number of ether oxygens (including phenoxy) is 1. The highest BCUT2D eigenvalue weighted by molar-refractivity contribution is 7.09. The molecule has 3 rings (SSSR count). The minimum atomic E-state index is -1.14. The van der Waals surface area contributed by atoms with Gasteiger partial charge in [0.15, 0.2) is 6.10 Å². The van der Waals surface area contributed by atoms with Crippen LogP contribution in [0.2, 0.25) is 0 Å². The Morgan fingerprint density at radius 2 is 1.70 bits per heavy atom. The number of benzene rings is 1. The number of amides is 3. The molecule has 0 radical (unpaired) electrons. The number of carboxylic acid groups (broad SMARTS) is 2. The van der Waals surface area contributed by atoms with Crippen molar-refractivity contribution in [1.82, 2.24) is 25.4 Å². The molecule has 1 aliphatic heterocycles. The molecule has 6 N–H and O–H groups in total. The molecule has 0 bridgehead atoms. The lowest BCUT2D eigenvalue weighted by Gasteiger charge is -2.40. The van der Waals surface area contributed by atoms with Crippen molar-refractivity contribution in [3.05, 3.63) is 45.9 Å². The standard InChI is InChI=1S/C45H70N6O9S/c1-9-11-12-14-22-51(43(57)39(29(5)10-2)49-41(56)35-16-13-15-21-50(35)26-38(53)54)36(28(3)4)24-37(60-30(6)52)42-48-34(27-61-42)40(55)47-33(25-45(7,8)44(58)59)23-31-17-19-32(46)20-18-31/h17-20,27-29,33,35-37,39H,9-16,21-26,46H2,1-8H3,(H,47,55)(H,49,56)(H,53,54)(H,58,59)/t29?,33?,35-,36?,37?,39?/m1/s1. The van der Waals surface area contributed by atoms with E-state index in [1.807, 2.05) is 44.7 Å². The van der Waals surface area contributed by atoms with Crippen LogP contribution in [0.4, 0.5) is 5.69 Å². The predicted octanol–water partition coefficient (Wildman–Crippen LogP) is 6.47. The second kappa shape index (κ2) is 24.2. The molecule has 1 aromatic heterocycles. The van der Waals surface area contributed by atoms with Crippen LogP contribution >= 0.6 is 11.3 Å². The first kappa shape index (κ1) is 50.8. The van der Waals surface area contributed by atoms with Gasteiger partial charge < -0.3 is 36.2 Å². The number of carbonyl (C=O) groups excluding carboxylic acids is 4. The summed E-state index contributed by atoms with van der Waals surface area (Å²) in [7, 11) is 0. The summed E-state index contributed by atoms with van der Waals surface area (Å²) in [6, 6.07) is 4.59. The van der Waals surface area contributed by atoms with Crippen molar-refractivity contribution in [1.29, 1.82) is 0 Å². The number of esters is 1. The molecule has 15 nitrogen and oxygen atoms in total. The van der Waals surface area contributed by atoms with Crippen molar-refractivity contribution in [3.8, 4) is 0 Å². The Morgan fingerprint density at radius 1 is 1.02 bits per heavy atom. The quantitative estimate of drug-likeness (QED) is 0.0412. The third-order valence-corrected chi connectivity index (χ3v) is 12.6. The van der Waals surface area contributed by atoms with E-state index in [4.69, 9.17) is 10.5 Å². The van der Waals surface area contributed by atoms with Gasteiger partial charge in [0.1, 0.15) is 16.7 Å². The van der Waals surface area contributed by atoms with E-state index in [0.717, 1.165) is 55.4 Å². The van der Waals surface area contributed by atoms with Crippen molar-refractivity contribution in [2.75, 3.05) is 25.4 Å². The molecule has 16 heteroatoms. The maximum atomic E-state index is 14.9. The van der Waals surface area contributed by atoms with Crippen LogP contribution in [0.1, 0.15) is 147 Å². The SMILES string of the molecule is CCCCCCN(C(=O)C(NC(=O)[C@H]1CCCCN1CC(=O)O)C(C)CC)C(CC(OC(C)=O)c1nc(C(=O)NC(Cc2ccc(N)cc2)CC(C)(C)C(=O)O)cs1)C(C)C. The largest absolute Gasteiger partial charge is 0.481 e. The van der Waals surface area contributed by atoms with Gasteiger partial charge in [-0.15, -0.1) is 11.3 Å². The van der Waals surface area contributed by atoms with Crippen LogP contribution in [0.25, 0.3) is 0 Å². The maximum Gasteiger partial charge on any atom is 0.317 e. The van der Waals surface area contributed by atoms with E-state index >= 15 is 0 Å². The van der Waals surface area contributed by atoms with Crippen LogP contribution in [-0.2, 0) is 35.1 Å². The Bertz CT molecular complexity index is 1770. The fourth-order valence-electron chi connectivity index (χ4n) is 7.90. The summed E-state index contributed by atoms with van der Waals surface area (Å²) in [5.74, 6) is -4.06. The number of carbonyl (C=O) groups is 6. The number of nitrogens with one attached hydrogen (secondary N) is 2. The molecule has 3 amide bonds. The zero-order valence-electron chi connectivity index (χ0n) is 37.4. The molecule has 0 spiro atoms. The average molecular weight is 871 g/mol. The first-order valence-corrected chi connectivity index (χ1v) is 22.7. The lowest BCUT2D eigenvalue weighted by molar-refractivity contribution is -0.150. The Kier molecular flexibility index (Phi) is 20.1. The fourth-order valence-corrected chi connectivity index (χ4v) is 8.74. The predicted molar refractivity (Wildman–Crippen MR) is 236 cm³/mol. The van der Waals surface area contributed by atoms with E-state index in [0.29, 0.717) is 43.0 Å². The zero-order chi connectivity index (χ0) is 45.4. The van der Waals surface area contributed by atoms with Crippen LogP contribution in [0.15, 0.2) is 29.6 Å². The van der Waals surface area contributed by atoms with Gasteiger partial charge in [-0.05, 0) is 82.0 Å². The summed E-state index contributed by atoms with van der Waals surface area (Å²) >= 11 is 1.16. The van der Waals surface area contributed by atoms with Gasteiger partial charge >= 0.3 is 17.9 Å². The lowest BCUT2D eigenvalue weighted by Crippen LogP contribution is -2.59. The molecule has 1 fully saturated rings. The van der Waals surface area contributed by atoms with Gasteiger partial charge in [0.2, 0.25) is 11.8 Å². The number of nitrogens with zero attached hydrogens (tertiary/aromatic N) is 3.